The van der Waals surface area contributed by atoms with E-state index in [9.17, 15) is 4.79 Å². The molecule has 1 atom stereocenters. The molecular formula is C13H16O3. The third-order valence-electron chi connectivity index (χ3n) is 2.23. The quantitative estimate of drug-likeness (QED) is 0.776. The highest BCUT2D eigenvalue weighted by molar-refractivity contribution is 5.85. The first kappa shape index (κ1) is 12.3. The molecule has 0 fully saturated rings. The molecule has 0 saturated carbocycles. The van der Waals surface area contributed by atoms with E-state index in [1.54, 1.807) is 6.08 Å². The summed E-state index contributed by atoms with van der Waals surface area (Å²) in [5.41, 5.74) is 0.783. The molecule has 3 nitrogen and oxygen atoms in total. The maximum absolute atomic E-state index is 10.4. The lowest BCUT2D eigenvalue weighted by molar-refractivity contribution is -0.131. The number of rotatable bonds is 5. The Kier molecular flexibility index (Phi) is 4.58. The lowest BCUT2D eigenvalue weighted by Crippen LogP contribution is -2.10. The van der Waals surface area contributed by atoms with Gasteiger partial charge < -0.3 is 9.84 Å². The van der Waals surface area contributed by atoms with Crippen LogP contribution >= 0.6 is 0 Å². The monoisotopic (exact) mass is 220 g/mol. The first-order valence-corrected chi connectivity index (χ1v) is 5.30. The highest BCUT2D eigenvalue weighted by atomic mass is 16.5. The van der Waals surface area contributed by atoms with Crippen LogP contribution in [-0.2, 0) is 4.79 Å². The van der Waals surface area contributed by atoms with Gasteiger partial charge in [-0.2, -0.15) is 0 Å². The van der Waals surface area contributed by atoms with E-state index in [0.29, 0.717) is 5.75 Å². The van der Waals surface area contributed by atoms with E-state index in [0.717, 1.165) is 18.1 Å². The molecule has 0 amide bonds. The summed E-state index contributed by atoms with van der Waals surface area (Å²) < 4.78 is 5.68. The van der Waals surface area contributed by atoms with E-state index >= 15 is 0 Å². The van der Waals surface area contributed by atoms with Crippen LogP contribution in [0.25, 0.3) is 6.08 Å². The van der Waals surface area contributed by atoms with Crippen LogP contribution in [0.1, 0.15) is 25.8 Å². The average molecular weight is 220 g/mol. The van der Waals surface area contributed by atoms with Crippen LogP contribution < -0.4 is 4.74 Å². The predicted molar refractivity (Wildman–Crippen MR) is 63.5 cm³/mol. The van der Waals surface area contributed by atoms with Crippen molar-refractivity contribution in [2.24, 2.45) is 0 Å². The summed E-state index contributed by atoms with van der Waals surface area (Å²) in [5.74, 6) is -0.243. The van der Waals surface area contributed by atoms with Gasteiger partial charge in [-0.15, -0.1) is 0 Å². The van der Waals surface area contributed by atoms with Crippen molar-refractivity contribution in [3.8, 4) is 5.75 Å². The van der Waals surface area contributed by atoms with Crippen LogP contribution in [0, 0.1) is 0 Å². The number of carboxylic acids is 1. The van der Waals surface area contributed by atoms with Crippen molar-refractivity contribution in [3.05, 3.63) is 35.9 Å². The SMILES string of the molecule is CCC(C)Oc1ccccc1/C=C/C(=O)O. The lowest BCUT2D eigenvalue weighted by atomic mass is 10.2. The minimum Gasteiger partial charge on any atom is -0.490 e. The second kappa shape index (κ2) is 5.95. The topological polar surface area (TPSA) is 46.5 Å². The van der Waals surface area contributed by atoms with Gasteiger partial charge in [0.2, 0.25) is 0 Å². The fourth-order valence-corrected chi connectivity index (χ4v) is 1.19. The molecule has 0 aromatic heterocycles. The molecule has 0 aliphatic heterocycles. The van der Waals surface area contributed by atoms with Gasteiger partial charge in [-0.1, -0.05) is 25.1 Å². The molecule has 1 rings (SSSR count). The number of hydrogen-bond acceptors (Lipinski definition) is 2. The molecule has 1 aromatic carbocycles. The van der Waals surface area contributed by atoms with Gasteiger partial charge in [0, 0.05) is 11.6 Å². The molecule has 0 bridgehead atoms. The molecule has 0 saturated heterocycles. The lowest BCUT2D eigenvalue weighted by Gasteiger charge is -2.14. The standard InChI is InChI=1S/C13H16O3/c1-3-10(2)16-12-7-5-4-6-11(12)8-9-13(14)15/h4-10H,3H2,1-2H3,(H,14,15)/b9-8+. The molecule has 1 N–H and O–H groups in total. The van der Waals surface area contributed by atoms with Gasteiger partial charge in [-0.25, -0.2) is 4.79 Å². The zero-order valence-corrected chi connectivity index (χ0v) is 9.51. The number of benzene rings is 1. The van der Waals surface area contributed by atoms with Crippen molar-refractivity contribution in [1.82, 2.24) is 0 Å². The highest BCUT2D eigenvalue weighted by Crippen LogP contribution is 2.21. The van der Waals surface area contributed by atoms with Crippen LogP contribution in [0.3, 0.4) is 0 Å². The summed E-state index contributed by atoms with van der Waals surface area (Å²) >= 11 is 0. The average Bonchev–Trinajstić information content (AvgIpc) is 2.27. The summed E-state index contributed by atoms with van der Waals surface area (Å²) in [5, 5.41) is 8.57. The second-order valence-electron chi connectivity index (χ2n) is 3.55. The smallest absolute Gasteiger partial charge is 0.328 e. The summed E-state index contributed by atoms with van der Waals surface area (Å²) in [6.45, 7) is 4.03. The van der Waals surface area contributed by atoms with E-state index in [1.807, 2.05) is 38.1 Å². The Balaban J connectivity index is 2.87. The molecule has 1 unspecified atom stereocenters. The van der Waals surface area contributed by atoms with Gasteiger partial charge >= 0.3 is 5.97 Å². The van der Waals surface area contributed by atoms with Crippen molar-refractivity contribution in [2.75, 3.05) is 0 Å². The fraction of sp³-hybridized carbons (Fsp3) is 0.308. The number of para-hydroxylation sites is 1. The van der Waals surface area contributed by atoms with Crippen LogP contribution in [0.2, 0.25) is 0 Å². The Morgan fingerprint density at radius 1 is 1.50 bits per heavy atom. The van der Waals surface area contributed by atoms with Crippen molar-refractivity contribution in [2.45, 2.75) is 26.4 Å². The zero-order chi connectivity index (χ0) is 12.0. The van der Waals surface area contributed by atoms with Crippen molar-refractivity contribution >= 4 is 12.0 Å². The van der Waals surface area contributed by atoms with Crippen molar-refractivity contribution < 1.29 is 14.6 Å². The molecule has 0 spiro atoms. The molecular weight excluding hydrogens is 204 g/mol. The zero-order valence-electron chi connectivity index (χ0n) is 9.51. The Morgan fingerprint density at radius 2 is 2.19 bits per heavy atom. The highest BCUT2D eigenvalue weighted by Gasteiger charge is 2.04. The third kappa shape index (κ3) is 3.77. The Labute approximate surface area is 95.4 Å². The van der Waals surface area contributed by atoms with Gasteiger partial charge in [-0.3, -0.25) is 0 Å². The van der Waals surface area contributed by atoms with E-state index in [-0.39, 0.29) is 6.10 Å². The van der Waals surface area contributed by atoms with Crippen LogP contribution in [0.4, 0.5) is 0 Å². The molecule has 16 heavy (non-hydrogen) atoms. The van der Waals surface area contributed by atoms with Gasteiger partial charge in [0.25, 0.3) is 0 Å². The summed E-state index contributed by atoms with van der Waals surface area (Å²) in [6, 6.07) is 7.39. The van der Waals surface area contributed by atoms with Gasteiger partial charge in [0.1, 0.15) is 5.75 Å². The minimum atomic E-state index is -0.960. The Bertz CT molecular complexity index is 383. The number of ether oxygens (including phenoxy) is 1. The molecule has 1 aromatic rings. The molecule has 0 aliphatic carbocycles. The van der Waals surface area contributed by atoms with Crippen molar-refractivity contribution in [3.63, 3.8) is 0 Å². The van der Waals surface area contributed by atoms with Gasteiger partial charge in [0.05, 0.1) is 6.10 Å². The van der Waals surface area contributed by atoms with E-state index in [4.69, 9.17) is 9.84 Å². The van der Waals surface area contributed by atoms with Crippen LogP contribution in [0.5, 0.6) is 5.75 Å². The maximum atomic E-state index is 10.4. The minimum absolute atomic E-state index is 0.124. The van der Waals surface area contributed by atoms with Crippen LogP contribution in [-0.4, -0.2) is 17.2 Å². The third-order valence-corrected chi connectivity index (χ3v) is 2.23. The summed E-state index contributed by atoms with van der Waals surface area (Å²) in [7, 11) is 0. The van der Waals surface area contributed by atoms with E-state index in [1.165, 1.54) is 0 Å². The van der Waals surface area contributed by atoms with Crippen molar-refractivity contribution in [1.29, 1.82) is 0 Å². The molecule has 3 heteroatoms. The molecule has 0 heterocycles. The van der Waals surface area contributed by atoms with E-state index in [2.05, 4.69) is 0 Å². The van der Waals surface area contributed by atoms with Crippen LogP contribution in [0.15, 0.2) is 30.3 Å². The number of aliphatic carboxylic acids is 1. The molecule has 86 valence electrons. The second-order valence-corrected chi connectivity index (χ2v) is 3.55. The number of hydrogen-bond donors (Lipinski definition) is 1. The number of carbonyl (C=O) groups is 1. The first-order chi connectivity index (χ1) is 7.63. The van der Waals surface area contributed by atoms with Gasteiger partial charge in [-0.05, 0) is 25.5 Å². The Hall–Kier alpha value is -1.77. The summed E-state index contributed by atoms with van der Waals surface area (Å²) in [6.07, 6.45) is 3.69. The maximum Gasteiger partial charge on any atom is 0.328 e. The largest absolute Gasteiger partial charge is 0.490 e. The summed E-state index contributed by atoms with van der Waals surface area (Å²) in [4.78, 5) is 10.4. The first-order valence-electron chi connectivity index (χ1n) is 5.30. The van der Waals surface area contributed by atoms with E-state index < -0.39 is 5.97 Å². The fourth-order valence-electron chi connectivity index (χ4n) is 1.19. The molecule has 0 radical (unpaired) electrons. The predicted octanol–water partition coefficient (Wildman–Crippen LogP) is 2.96. The normalized spacial score (nSPS) is 12.6. The van der Waals surface area contributed by atoms with Gasteiger partial charge in [0.15, 0.2) is 0 Å². The number of carboxylic acid groups (broad SMARTS) is 1. The molecule has 0 aliphatic rings. The Morgan fingerprint density at radius 3 is 2.81 bits per heavy atom.